The summed E-state index contributed by atoms with van der Waals surface area (Å²) in [6.45, 7) is 1.32. The molecule has 110 valence electrons. The van der Waals surface area contributed by atoms with Gasteiger partial charge < -0.3 is 16.2 Å². The predicted molar refractivity (Wildman–Crippen MR) is 81.9 cm³/mol. The van der Waals surface area contributed by atoms with E-state index in [0.717, 1.165) is 16.7 Å². The van der Waals surface area contributed by atoms with Crippen LogP contribution in [0.5, 0.6) is 0 Å². The summed E-state index contributed by atoms with van der Waals surface area (Å²) in [7, 11) is 1.52. The second kappa shape index (κ2) is 8.04. The van der Waals surface area contributed by atoms with E-state index >= 15 is 0 Å². The van der Waals surface area contributed by atoms with Crippen molar-refractivity contribution in [3.05, 3.63) is 52.7 Å². The topological polar surface area (TPSA) is 61.3 Å². The lowest BCUT2D eigenvalue weighted by molar-refractivity contribution is 0.0721. The number of ether oxygens (including phenoxy) is 1. The average molecular weight is 299 g/mol. The van der Waals surface area contributed by atoms with E-state index in [1.54, 1.807) is 6.08 Å². The highest BCUT2D eigenvalue weighted by molar-refractivity contribution is 6.29. The summed E-state index contributed by atoms with van der Waals surface area (Å²) in [5.74, 6) is 0. The third-order valence-corrected chi connectivity index (χ3v) is 3.13. The summed E-state index contributed by atoms with van der Waals surface area (Å²) in [6, 6.07) is 6.95. The molecule has 1 rings (SSSR count). The van der Waals surface area contributed by atoms with Gasteiger partial charge in [-0.25, -0.2) is 4.39 Å². The van der Waals surface area contributed by atoms with Gasteiger partial charge in [-0.15, -0.1) is 0 Å². The molecule has 2 atom stereocenters. The summed E-state index contributed by atoms with van der Waals surface area (Å²) in [6.07, 6.45) is 3.01. The molecule has 0 aliphatic carbocycles. The van der Waals surface area contributed by atoms with Crippen molar-refractivity contribution >= 4 is 17.2 Å². The van der Waals surface area contributed by atoms with Gasteiger partial charge in [-0.1, -0.05) is 41.9 Å². The predicted octanol–water partition coefficient (Wildman–Crippen LogP) is 3.11. The van der Waals surface area contributed by atoms with Gasteiger partial charge in [0.15, 0.2) is 0 Å². The standard InChI is InChI=1S/C15H20ClFN2O/c1-10(3-8-14(16)19)11-4-6-12(7-5-11)15(20-2)13(18)9-17/h3-8,13,15H,9,18-19H2,1-2H3/b10-3+,14-8-. The minimum absolute atomic E-state index is 0.231. The van der Waals surface area contributed by atoms with E-state index in [4.69, 9.17) is 27.8 Å². The SMILES string of the molecule is COC(c1ccc(/C(C)=C/C=C(\N)Cl)cc1)C(N)CF. The number of nitrogens with two attached hydrogens (primary N) is 2. The minimum Gasteiger partial charge on any atom is -0.389 e. The summed E-state index contributed by atoms with van der Waals surface area (Å²) in [4.78, 5) is 0. The van der Waals surface area contributed by atoms with E-state index in [1.807, 2.05) is 37.3 Å². The number of rotatable bonds is 6. The zero-order valence-electron chi connectivity index (χ0n) is 11.6. The third kappa shape index (κ3) is 4.63. The molecule has 3 nitrogen and oxygen atoms in total. The molecule has 1 aromatic rings. The van der Waals surface area contributed by atoms with Gasteiger partial charge >= 0.3 is 0 Å². The molecule has 5 heteroatoms. The molecule has 0 saturated carbocycles. The lowest BCUT2D eigenvalue weighted by Gasteiger charge is -2.20. The van der Waals surface area contributed by atoms with Crippen molar-refractivity contribution in [1.29, 1.82) is 0 Å². The Morgan fingerprint density at radius 3 is 2.40 bits per heavy atom. The smallest absolute Gasteiger partial charge is 0.107 e. The third-order valence-electron chi connectivity index (χ3n) is 3.01. The Kier molecular flexibility index (Phi) is 6.71. The van der Waals surface area contributed by atoms with E-state index in [0.29, 0.717) is 0 Å². The Morgan fingerprint density at radius 1 is 1.35 bits per heavy atom. The molecule has 0 aromatic heterocycles. The summed E-state index contributed by atoms with van der Waals surface area (Å²) < 4.78 is 17.9. The number of hydrogen-bond acceptors (Lipinski definition) is 3. The van der Waals surface area contributed by atoms with Crippen LogP contribution in [0.1, 0.15) is 24.2 Å². The maximum Gasteiger partial charge on any atom is 0.107 e. The molecule has 0 saturated heterocycles. The first kappa shape index (κ1) is 16.7. The van der Waals surface area contributed by atoms with Crippen molar-refractivity contribution in [1.82, 2.24) is 0 Å². The fraction of sp³-hybridized carbons (Fsp3) is 0.333. The summed E-state index contributed by atoms with van der Waals surface area (Å²) in [5.41, 5.74) is 13.9. The van der Waals surface area contributed by atoms with Crippen LogP contribution < -0.4 is 11.5 Å². The fourth-order valence-electron chi connectivity index (χ4n) is 1.88. The number of benzene rings is 1. The van der Waals surface area contributed by atoms with Gasteiger partial charge in [0.1, 0.15) is 6.67 Å². The lowest BCUT2D eigenvalue weighted by atomic mass is 9.99. The van der Waals surface area contributed by atoms with Gasteiger partial charge in [-0.2, -0.15) is 0 Å². The van der Waals surface area contributed by atoms with Crippen LogP contribution in [-0.4, -0.2) is 19.8 Å². The van der Waals surface area contributed by atoms with Gasteiger partial charge in [0.05, 0.1) is 17.3 Å². The van der Waals surface area contributed by atoms with Crippen LogP contribution >= 0.6 is 11.6 Å². The quantitative estimate of drug-likeness (QED) is 0.626. The van der Waals surface area contributed by atoms with Crippen LogP contribution in [0.3, 0.4) is 0 Å². The van der Waals surface area contributed by atoms with Gasteiger partial charge in [0, 0.05) is 7.11 Å². The van der Waals surface area contributed by atoms with Crippen molar-refractivity contribution in [2.75, 3.05) is 13.8 Å². The molecule has 0 amide bonds. The molecule has 4 N–H and O–H groups in total. The Bertz CT molecular complexity index is 481. The van der Waals surface area contributed by atoms with Crippen LogP contribution in [0.2, 0.25) is 0 Å². The zero-order valence-corrected chi connectivity index (χ0v) is 12.4. The first-order valence-corrected chi connectivity index (χ1v) is 6.61. The van der Waals surface area contributed by atoms with Crippen LogP contribution in [0.4, 0.5) is 4.39 Å². The highest BCUT2D eigenvalue weighted by Gasteiger charge is 2.19. The Balaban J connectivity index is 2.93. The lowest BCUT2D eigenvalue weighted by Crippen LogP contribution is -2.31. The highest BCUT2D eigenvalue weighted by Crippen LogP contribution is 2.23. The van der Waals surface area contributed by atoms with Crippen molar-refractivity contribution < 1.29 is 9.13 Å². The van der Waals surface area contributed by atoms with Crippen molar-refractivity contribution in [2.45, 2.75) is 19.1 Å². The Labute approximate surface area is 124 Å². The minimum atomic E-state index is -0.665. The number of halogens is 2. The molecular formula is C15H20ClFN2O. The van der Waals surface area contributed by atoms with Crippen molar-refractivity contribution in [3.63, 3.8) is 0 Å². The largest absolute Gasteiger partial charge is 0.389 e. The van der Waals surface area contributed by atoms with E-state index in [9.17, 15) is 4.39 Å². The van der Waals surface area contributed by atoms with Gasteiger partial charge in [0.25, 0.3) is 0 Å². The normalized spacial score (nSPS) is 16.1. The maximum absolute atomic E-state index is 12.6. The molecule has 0 bridgehead atoms. The summed E-state index contributed by atoms with van der Waals surface area (Å²) >= 11 is 5.57. The summed E-state index contributed by atoms with van der Waals surface area (Å²) in [5, 5.41) is 0.231. The highest BCUT2D eigenvalue weighted by atomic mass is 35.5. The van der Waals surface area contributed by atoms with E-state index in [1.165, 1.54) is 7.11 Å². The second-order valence-corrected chi connectivity index (χ2v) is 4.93. The number of allylic oxidation sites excluding steroid dienone is 3. The first-order chi connectivity index (χ1) is 9.49. The molecule has 1 aromatic carbocycles. The first-order valence-electron chi connectivity index (χ1n) is 6.23. The van der Waals surface area contributed by atoms with Crippen LogP contribution in [0.15, 0.2) is 41.6 Å². The van der Waals surface area contributed by atoms with Crippen LogP contribution in [-0.2, 0) is 4.74 Å². The van der Waals surface area contributed by atoms with Gasteiger partial charge in [0.2, 0.25) is 0 Å². The van der Waals surface area contributed by atoms with E-state index in [-0.39, 0.29) is 5.16 Å². The molecule has 2 unspecified atom stereocenters. The van der Waals surface area contributed by atoms with Crippen molar-refractivity contribution in [2.24, 2.45) is 11.5 Å². The Hall–Kier alpha value is -1.36. The molecule has 20 heavy (non-hydrogen) atoms. The molecule has 0 aliphatic heterocycles. The molecular weight excluding hydrogens is 279 g/mol. The second-order valence-electron chi connectivity index (χ2n) is 4.50. The molecule has 0 aliphatic rings. The monoisotopic (exact) mass is 298 g/mol. The Morgan fingerprint density at radius 2 is 1.95 bits per heavy atom. The number of methoxy groups -OCH3 is 1. The van der Waals surface area contributed by atoms with Crippen molar-refractivity contribution in [3.8, 4) is 0 Å². The van der Waals surface area contributed by atoms with Crippen LogP contribution in [0.25, 0.3) is 5.57 Å². The van der Waals surface area contributed by atoms with Gasteiger partial charge in [-0.3, -0.25) is 0 Å². The van der Waals surface area contributed by atoms with E-state index in [2.05, 4.69) is 0 Å². The molecule has 0 spiro atoms. The fourth-order valence-corrected chi connectivity index (χ4v) is 1.94. The number of hydrogen-bond donors (Lipinski definition) is 2. The van der Waals surface area contributed by atoms with E-state index < -0.39 is 18.8 Å². The zero-order chi connectivity index (χ0) is 15.1. The maximum atomic E-state index is 12.6. The number of alkyl halides is 1. The van der Waals surface area contributed by atoms with Gasteiger partial charge in [-0.05, 0) is 29.7 Å². The molecule has 0 fully saturated rings. The van der Waals surface area contributed by atoms with Crippen LogP contribution in [0, 0.1) is 0 Å². The molecule has 0 radical (unpaired) electrons. The average Bonchev–Trinajstić information content (AvgIpc) is 2.45. The molecule has 0 heterocycles.